The first-order valence-electron chi connectivity index (χ1n) is 8.85. The molecule has 1 aliphatic heterocycles. The molecule has 0 aliphatic carbocycles. The van der Waals surface area contributed by atoms with Gasteiger partial charge in [0.05, 0.1) is 18.3 Å². The second kappa shape index (κ2) is 8.57. The lowest BCUT2D eigenvalue weighted by Gasteiger charge is -2.30. The van der Waals surface area contributed by atoms with E-state index in [0.717, 1.165) is 17.7 Å². The number of carbonyl (C=O) groups is 2. The highest BCUT2D eigenvalue weighted by molar-refractivity contribution is 6.08. The molecule has 0 fully saturated rings. The first-order chi connectivity index (χ1) is 14.2. The number of aryl methyl sites for hydroxylation is 1. The smallest absolute Gasteiger partial charge is 0.406 e. The molecule has 1 atom stereocenters. The molecule has 1 aliphatic rings. The first-order valence-corrected chi connectivity index (χ1v) is 8.85. The number of urea groups is 1. The van der Waals surface area contributed by atoms with E-state index in [2.05, 4.69) is 20.4 Å². The third-order valence-corrected chi connectivity index (χ3v) is 4.23. The highest BCUT2D eigenvalue weighted by Gasteiger charge is 2.32. The number of rotatable bonds is 5. The van der Waals surface area contributed by atoms with Gasteiger partial charge >= 0.3 is 12.4 Å². The van der Waals surface area contributed by atoms with E-state index < -0.39 is 18.4 Å². The molecule has 0 saturated heterocycles. The quantitative estimate of drug-likeness (QED) is 0.769. The Morgan fingerprint density at radius 2 is 2.03 bits per heavy atom. The standard InChI is InChI=1S/C19H19F3N4O4/c1-11-7-14-17(23-8-11)26(9-16(27)24-14)18(28)25-15(10-29-2)12-3-5-13(6-4-12)30-19(20,21)22/h3-8,15H,9-10H2,1-2H3,(H,24,27)(H,25,28)/t15-/m1/s1. The van der Waals surface area contributed by atoms with Crippen molar-refractivity contribution < 1.29 is 32.2 Å². The van der Waals surface area contributed by atoms with E-state index in [-0.39, 0.29) is 24.8 Å². The number of ether oxygens (including phenoxy) is 2. The van der Waals surface area contributed by atoms with Gasteiger partial charge in [0.25, 0.3) is 0 Å². The summed E-state index contributed by atoms with van der Waals surface area (Å²) < 4.78 is 46.0. The van der Waals surface area contributed by atoms with E-state index in [1.807, 2.05) is 0 Å². The summed E-state index contributed by atoms with van der Waals surface area (Å²) in [4.78, 5) is 30.3. The number of alkyl halides is 3. The minimum absolute atomic E-state index is 0.0550. The van der Waals surface area contributed by atoms with Crippen LogP contribution >= 0.6 is 0 Å². The Hall–Kier alpha value is -3.34. The van der Waals surface area contributed by atoms with Gasteiger partial charge in [0.15, 0.2) is 5.82 Å². The SMILES string of the molecule is COC[C@@H](NC(=O)N1CC(=O)Nc2cc(C)cnc21)c1ccc(OC(F)(F)F)cc1. The third-order valence-electron chi connectivity index (χ3n) is 4.23. The maximum absolute atomic E-state index is 12.9. The minimum atomic E-state index is -4.80. The summed E-state index contributed by atoms with van der Waals surface area (Å²) >= 11 is 0. The van der Waals surface area contributed by atoms with E-state index in [0.29, 0.717) is 17.1 Å². The van der Waals surface area contributed by atoms with Gasteiger partial charge in [0.1, 0.15) is 12.3 Å². The van der Waals surface area contributed by atoms with Gasteiger partial charge in [-0.05, 0) is 36.2 Å². The number of carbonyl (C=O) groups excluding carboxylic acids is 2. The average molecular weight is 424 g/mol. The van der Waals surface area contributed by atoms with Gasteiger partial charge in [-0.1, -0.05) is 12.1 Å². The Labute approximate surface area is 170 Å². The van der Waals surface area contributed by atoms with E-state index in [1.54, 1.807) is 19.2 Å². The summed E-state index contributed by atoms with van der Waals surface area (Å²) in [5.74, 6) is -0.459. The summed E-state index contributed by atoms with van der Waals surface area (Å²) in [5, 5.41) is 5.39. The van der Waals surface area contributed by atoms with Crippen LogP contribution in [0.2, 0.25) is 0 Å². The van der Waals surface area contributed by atoms with Crippen molar-refractivity contribution in [3.8, 4) is 5.75 Å². The van der Waals surface area contributed by atoms with Gasteiger partial charge in [-0.3, -0.25) is 9.69 Å². The Kier molecular flexibility index (Phi) is 6.11. The number of nitrogens with one attached hydrogen (secondary N) is 2. The van der Waals surface area contributed by atoms with Crippen molar-refractivity contribution >= 4 is 23.4 Å². The number of methoxy groups -OCH3 is 1. The predicted molar refractivity (Wildman–Crippen MR) is 101 cm³/mol. The number of hydrogen-bond donors (Lipinski definition) is 2. The Balaban J connectivity index is 1.78. The number of fused-ring (bicyclic) bond motifs is 1. The fraction of sp³-hybridized carbons (Fsp3) is 0.316. The van der Waals surface area contributed by atoms with Gasteiger partial charge in [-0.2, -0.15) is 0 Å². The molecule has 0 saturated carbocycles. The van der Waals surface area contributed by atoms with E-state index in [4.69, 9.17) is 4.74 Å². The monoisotopic (exact) mass is 424 g/mol. The third kappa shape index (κ3) is 5.17. The highest BCUT2D eigenvalue weighted by atomic mass is 19.4. The number of hydrogen-bond acceptors (Lipinski definition) is 5. The molecule has 3 rings (SSSR count). The fourth-order valence-electron chi connectivity index (χ4n) is 2.96. The maximum atomic E-state index is 12.9. The average Bonchev–Trinajstić information content (AvgIpc) is 2.66. The van der Waals surface area contributed by atoms with Crippen LogP contribution in [0.3, 0.4) is 0 Å². The van der Waals surface area contributed by atoms with E-state index >= 15 is 0 Å². The number of pyridine rings is 1. The molecule has 3 amide bonds. The molecule has 0 spiro atoms. The van der Waals surface area contributed by atoms with E-state index in [1.165, 1.54) is 24.1 Å². The molecule has 0 radical (unpaired) electrons. The van der Waals surface area contributed by atoms with Crippen molar-refractivity contribution in [3.63, 3.8) is 0 Å². The summed E-state index contributed by atoms with van der Waals surface area (Å²) in [5.41, 5.74) is 1.73. The second-order valence-electron chi connectivity index (χ2n) is 6.59. The van der Waals surface area contributed by atoms with Gasteiger partial charge < -0.3 is 20.1 Å². The molecule has 0 bridgehead atoms. The van der Waals surface area contributed by atoms with Crippen LogP contribution in [0, 0.1) is 6.92 Å². The van der Waals surface area contributed by atoms with Crippen molar-refractivity contribution in [2.45, 2.75) is 19.3 Å². The van der Waals surface area contributed by atoms with Crippen LogP contribution in [-0.2, 0) is 9.53 Å². The molecular formula is C19H19F3N4O4. The number of amides is 3. The first kappa shape index (κ1) is 21.4. The van der Waals surface area contributed by atoms with Crippen LogP contribution in [-0.4, -0.2) is 43.5 Å². The highest BCUT2D eigenvalue weighted by Crippen LogP contribution is 2.29. The topological polar surface area (TPSA) is 92.8 Å². The lowest BCUT2D eigenvalue weighted by molar-refractivity contribution is -0.274. The molecule has 11 heteroatoms. The Morgan fingerprint density at radius 3 is 2.67 bits per heavy atom. The van der Waals surface area contributed by atoms with Crippen LogP contribution in [0.15, 0.2) is 36.5 Å². The van der Waals surface area contributed by atoms with E-state index in [9.17, 15) is 22.8 Å². The fourth-order valence-corrected chi connectivity index (χ4v) is 2.96. The van der Waals surface area contributed by atoms with Crippen molar-refractivity contribution in [3.05, 3.63) is 47.7 Å². The molecule has 160 valence electrons. The van der Waals surface area contributed by atoms with Crippen molar-refractivity contribution in [2.24, 2.45) is 0 Å². The number of aromatic nitrogens is 1. The molecule has 1 aromatic heterocycles. The van der Waals surface area contributed by atoms with Gasteiger partial charge in [-0.15, -0.1) is 13.2 Å². The Morgan fingerprint density at radius 1 is 1.33 bits per heavy atom. The number of benzene rings is 1. The molecule has 1 aromatic carbocycles. The Bertz CT molecular complexity index is 934. The maximum Gasteiger partial charge on any atom is 0.573 e. The summed E-state index contributed by atoms with van der Waals surface area (Å²) in [6, 6.07) is 5.50. The second-order valence-corrected chi connectivity index (χ2v) is 6.59. The number of halogens is 3. The minimum Gasteiger partial charge on any atom is -0.406 e. The molecule has 30 heavy (non-hydrogen) atoms. The summed E-state index contributed by atoms with van der Waals surface area (Å²) in [7, 11) is 1.42. The molecule has 2 heterocycles. The van der Waals surface area contributed by atoms with Gasteiger partial charge in [0, 0.05) is 13.3 Å². The molecular weight excluding hydrogens is 405 g/mol. The predicted octanol–water partition coefficient (Wildman–Crippen LogP) is 3.14. The zero-order valence-electron chi connectivity index (χ0n) is 16.1. The molecule has 0 unspecified atom stereocenters. The van der Waals surface area contributed by atoms with Gasteiger partial charge in [-0.25, -0.2) is 9.78 Å². The lowest BCUT2D eigenvalue weighted by atomic mass is 10.1. The molecule has 2 aromatic rings. The van der Waals surface area contributed by atoms with Crippen LogP contribution in [0.1, 0.15) is 17.2 Å². The van der Waals surface area contributed by atoms with Crippen molar-refractivity contribution in [1.29, 1.82) is 0 Å². The van der Waals surface area contributed by atoms with Crippen LogP contribution in [0.5, 0.6) is 5.75 Å². The van der Waals surface area contributed by atoms with Crippen LogP contribution in [0.25, 0.3) is 0 Å². The van der Waals surface area contributed by atoms with Crippen LogP contribution in [0.4, 0.5) is 29.5 Å². The van der Waals surface area contributed by atoms with Crippen molar-refractivity contribution in [2.75, 3.05) is 30.5 Å². The normalized spacial score (nSPS) is 14.6. The zero-order valence-corrected chi connectivity index (χ0v) is 16.1. The zero-order chi connectivity index (χ0) is 21.9. The number of nitrogens with zero attached hydrogens (tertiary/aromatic N) is 2. The van der Waals surface area contributed by atoms with Gasteiger partial charge in [0.2, 0.25) is 5.91 Å². The number of anilines is 2. The lowest BCUT2D eigenvalue weighted by Crippen LogP contribution is -2.49. The van der Waals surface area contributed by atoms with Crippen LogP contribution < -0.4 is 20.3 Å². The molecule has 8 nitrogen and oxygen atoms in total. The summed E-state index contributed by atoms with van der Waals surface area (Å²) in [6.45, 7) is 1.63. The summed E-state index contributed by atoms with van der Waals surface area (Å²) in [6.07, 6.45) is -3.22. The molecule has 2 N–H and O–H groups in total. The van der Waals surface area contributed by atoms with Crippen molar-refractivity contribution in [1.82, 2.24) is 10.3 Å². The largest absolute Gasteiger partial charge is 0.573 e.